The fraction of sp³-hybridized carbons (Fsp3) is 0.333. The van der Waals surface area contributed by atoms with Crippen LogP contribution in [0, 0.1) is 0 Å². The molecule has 0 aliphatic heterocycles. The summed E-state index contributed by atoms with van der Waals surface area (Å²) in [5.74, 6) is -0.0391. The van der Waals surface area contributed by atoms with Gasteiger partial charge in [0.2, 0.25) is 0 Å². The van der Waals surface area contributed by atoms with Crippen LogP contribution in [0.25, 0.3) is 0 Å². The lowest BCUT2D eigenvalue weighted by atomic mass is 10.1. The van der Waals surface area contributed by atoms with Gasteiger partial charge in [0, 0.05) is 45.9 Å². The van der Waals surface area contributed by atoms with E-state index in [2.05, 4.69) is 10.4 Å². The average Bonchev–Trinajstić information content (AvgIpc) is 2.85. The molecule has 3 N–H and O–H groups in total. The normalized spacial score (nSPS) is 10.4. The Hall–Kier alpha value is -2.50. The van der Waals surface area contributed by atoms with Gasteiger partial charge >= 0.3 is 0 Å². The molecule has 1 aromatic carbocycles. The van der Waals surface area contributed by atoms with Gasteiger partial charge in [0.15, 0.2) is 0 Å². The predicted octanol–water partition coefficient (Wildman–Crippen LogP) is 1.36. The van der Waals surface area contributed by atoms with Crippen molar-refractivity contribution in [1.29, 1.82) is 0 Å². The molecule has 6 heteroatoms. The van der Waals surface area contributed by atoms with Gasteiger partial charge in [-0.3, -0.25) is 9.48 Å². The van der Waals surface area contributed by atoms with Crippen molar-refractivity contribution in [2.24, 2.45) is 7.05 Å². The molecule has 0 saturated heterocycles. The second-order valence-electron chi connectivity index (χ2n) is 5.16. The summed E-state index contributed by atoms with van der Waals surface area (Å²) in [5, 5.41) is 7.58. The third-order valence-electron chi connectivity index (χ3n) is 3.17. The summed E-state index contributed by atoms with van der Waals surface area (Å²) in [6.07, 6.45) is 2.71. The number of nitrogens with zero attached hydrogens (tertiary/aromatic N) is 3. The molecule has 112 valence electrons. The highest BCUT2D eigenvalue weighted by atomic mass is 16.2. The summed E-state index contributed by atoms with van der Waals surface area (Å²) >= 11 is 0. The van der Waals surface area contributed by atoms with Gasteiger partial charge in [0.05, 0.1) is 17.1 Å². The molecule has 1 amide bonds. The van der Waals surface area contributed by atoms with E-state index in [1.807, 2.05) is 19.3 Å². The second kappa shape index (κ2) is 6.30. The summed E-state index contributed by atoms with van der Waals surface area (Å²) in [4.78, 5) is 13.5. The van der Waals surface area contributed by atoms with E-state index in [9.17, 15) is 4.79 Å². The van der Waals surface area contributed by atoms with Crippen LogP contribution in [0.4, 0.5) is 11.4 Å². The first-order valence-corrected chi connectivity index (χ1v) is 6.81. The van der Waals surface area contributed by atoms with E-state index in [0.29, 0.717) is 17.8 Å². The van der Waals surface area contributed by atoms with Crippen LogP contribution < -0.4 is 11.1 Å². The molecule has 0 bridgehead atoms. The van der Waals surface area contributed by atoms with Gasteiger partial charge in [0.25, 0.3) is 5.91 Å². The quantitative estimate of drug-likeness (QED) is 0.814. The van der Waals surface area contributed by atoms with Crippen LogP contribution in [0.5, 0.6) is 0 Å². The fourth-order valence-corrected chi connectivity index (χ4v) is 2.02. The lowest BCUT2D eigenvalue weighted by molar-refractivity contribution is 0.0827. The number of aromatic nitrogens is 2. The number of carbonyl (C=O) groups is 1. The maximum Gasteiger partial charge on any atom is 0.253 e. The van der Waals surface area contributed by atoms with Gasteiger partial charge < -0.3 is 16.0 Å². The molecule has 1 heterocycles. The average molecular weight is 287 g/mol. The van der Waals surface area contributed by atoms with Crippen LogP contribution in [-0.4, -0.2) is 41.2 Å². The first-order valence-electron chi connectivity index (χ1n) is 6.81. The molecule has 0 saturated carbocycles. The zero-order valence-corrected chi connectivity index (χ0v) is 12.6. The molecule has 0 aliphatic carbocycles. The molecule has 0 radical (unpaired) electrons. The first-order chi connectivity index (χ1) is 9.97. The SMILES string of the molecule is CN(C)C(=O)c1ccc(N)c(NCCc2ccn(C)n2)c1. The number of nitrogen functional groups attached to an aromatic ring is 1. The number of amides is 1. The van der Waals surface area contributed by atoms with Gasteiger partial charge in [-0.2, -0.15) is 5.10 Å². The molecule has 0 aliphatic rings. The maximum atomic E-state index is 12.0. The number of carbonyl (C=O) groups excluding carboxylic acids is 1. The number of rotatable bonds is 5. The first kappa shape index (κ1) is 14.9. The van der Waals surface area contributed by atoms with E-state index < -0.39 is 0 Å². The number of hydrogen-bond acceptors (Lipinski definition) is 4. The molecule has 2 aromatic rings. The maximum absolute atomic E-state index is 12.0. The molecule has 21 heavy (non-hydrogen) atoms. The zero-order valence-electron chi connectivity index (χ0n) is 12.6. The summed E-state index contributed by atoms with van der Waals surface area (Å²) in [5.41, 5.74) is 8.99. The van der Waals surface area contributed by atoms with Crippen LogP contribution in [-0.2, 0) is 13.5 Å². The van der Waals surface area contributed by atoms with E-state index in [4.69, 9.17) is 5.73 Å². The molecule has 2 rings (SSSR count). The van der Waals surface area contributed by atoms with Gasteiger partial charge in [-0.15, -0.1) is 0 Å². The molecular weight excluding hydrogens is 266 g/mol. The predicted molar refractivity (Wildman–Crippen MR) is 84.3 cm³/mol. The third-order valence-corrected chi connectivity index (χ3v) is 3.17. The van der Waals surface area contributed by atoms with E-state index in [1.54, 1.807) is 41.9 Å². The van der Waals surface area contributed by atoms with Crippen LogP contribution in [0.2, 0.25) is 0 Å². The van der Waals surface area contributed by atoms with Gasteiger partial charge in [-0.1, -0.05) is 0 Å². The van der Waals surface area contributed by atoms with Gasteiger partial charge in [-0.05, 0) is 24.3 Å². The number of benzene rings is 1. The molecule has 0 spiro atoms. The fourth-order valence-electron chi connectivity index (χ4n) is 2.02. The molecule has 1 aromatic heterocycles. The van der Waals surface area contributed by atoms with Crippen molar-refractivity contribution in [3.63, 3.8) is 0 Å². The monoisotopic (exact) mass is 287 g/mol. The van der Waals surface area contributed by atoms with Crippen molar-refractivity contribution in [2.45, 2.75) is 6.42 Å². The Labute approximate surface area is 124 Å². The standard InChI is InChI=1S/C15H21N5O/c1-19(2)15(21)11-4-5-13(16)14(10-11)17-8-6-12-7-9-20(3)18-12/h4-5,7,9-10,17H,6,8,16H2,1-3H3. The Kier molecular flexibility index (Phi) is 4.47. The molecule has 0 fully saturated rings. The molecule has 6 nitrogen and oxygen atoms in total. The minimum atomic E-state index is -0.0391. The highest BCUT2D eigenvalue weighted by Gasteiger charge is 2.10. The number of hydrogen-bond donors (Lipinski definition) is 2. The summed E-state index contributed by atoms with van der Waals surface area (Å²) in [6.45, 7) is 0.709. The molecule has 0 atom stereocenters. The van der Waals surface area contributed by atoms with Crippen LogP contribution in [0.1, 0.15) is 16.1 Å². The van der Waals surface area contributed by atoms with E-state index in [-0.39, 0.29) is 5.91 Å². The highest BCUT2D eigenvalue weighted by molar-refractivity contribution is 5.95. The van der Waals surface area contributed by atoms with E-state index >= 15 is 0 Å². The summed E-state index contributed by atoms with van der Waals surface area (Å²) < 4.78 is 1.78. The topological polar surface area (TPSA) is 76.2 Å². The third kappa shape index (κ3) is 3.75. The van der Waals surface area contributed by atoms with Crippen molar-refractivity contribution in [2.75, 3.05) is 31.7 Å². The Morgan fingerprint density at radius 2 is 2.14 bits per heavy atom. The number of anilines is 2. The second-order valence-corrected chi connectivity index (χ2v) is 5.16. The Morgan fingerprint density at radius 1 is 1.38 bits per heavy atom. The zero-order chi connectivity index (χ0) is 15.4. The minimum Gasteiger partial charge on any atom is -0.397 e. The van der Waals surface area contributed by atoms with Crippen LogP contribution >= 0.6 is 0 Å². The highest BCUT2D eigenvalue weighted by Crippen LogP contribution is 2.20. The van der Waals surface area contributed by atoms with Crippen LogP contribution in [0.3, 0.4) is 0 Å². The largest absolute Gasteiger partial charge is 0.397 e. The minimum absolute atomic E-state index is 0.0391. The van der Waals surface area contributed by atoms with Crippen molar-refractivity contribution < 1.29 is 4.79 Å². The Bertz CT molecular complexity index is 633. The Morgan fingerprint density at radius 3 is 2.76 bits per heavy atom. The lowest BCUT2D eigenvalue weighted by Gasteiger charge is -2.13. The molecular formula is C15H21N5O. The number of nitrogens with one attached hydrogen (secondary N) is 1. The number of aryl methyl sites for hydroxylation is 1. The lowest BCUT2D eigenvalue weighted by Crippen LogP contribution is -2.22. The van der Waals surface area contributed by atoms with Crippen molar-refractivity contribution >= 4 is 17.3 Å². The van der Waals surface area contributed by atoms with E-state index in [1.165, 1.54) is 0 Å². The van der Waals surface area contributed by atoms with E-state index in [0.717, 1.165) is 17.8 Å². The van der Waals surface area contributed by atoms with Gasteiger partial charge in [0.1, 0.15) is 0 Å². The van der Waals surface area contributed by atoms with Crippen molar-refractivity contribution in [1.82, 2.24) is 14.7 Å². The smallest absolute Gasteiger partial charge is 0.253 e. The summed E-state index contributed by atoms with van der Waals surface area (Å²) in [6, 6.07) is 7.26. The van der Waals surface area contributed by atoms with Crippen LogP contribution in [0.15, 0.2) is 30.5 Å². The van der Waals surface area contributed by atoms with Gasteiger partial charge in [-0.25, -0.2) is 0 Å². The van der Waals surface area contributed by atoms with Crippen molar-refractivity contribution in [3.8, 4) is 0 Å². The van der Waals surface area contributed by atoms with Crippen molar-refractivity contribution in [3.05, 3.63) is 41.7 Å². The molecule has 0 unspecified atom stereocenters. The summed E-state index contributed by atoms with van der Waals surface area (Å²) in [7, 11) is 5.35. The number of nitrogens with two attached hydrogens (primary N) is 1. The Balaban J connectivity index is 2.02.